The van der Waals surface area contributed by atoms with Crippen LogP contribution in [0.1, 0.15) is 10.5 Å². The maximum Gasteiger partial charge on any atom is 0.294 e. The molecule has 0 spiro atoms. The van der Waals surface area contributed by atoms with Crippen LogP contribution in [0.3, 0.4) is 0 Å². The van der Waals surface area contributed by atoms with Crippen LogP contribution in [0.15, 0.2) is 22.2 Å². The number of methoxy groups -OCH3 is 1. The van der Waals surface area contributed by atoms with E-state index in [-0.39, 0.29) is 5.91 Å². The van der Waals surface area contributed by atoms with E-state index in [9.17, 15) is 4.79 Å². The van der Waals surface area contributed by atoms with E-state index in [1.165, 1.54) is 11.3 Å². The Labute approximate surface area is 112 Å². The Morgan fingerprint density at radius 2 is 2.33 bits per heavy atom. The number of nitrogens with one attached hydrogen (secondary N) is 1. The Kier molecular flexibility index (Phi) is 4.82. The first-order valence-electron chi connectivity index (χ1n) is 5.20. The van der Waals surface area contributed by atoms with E-state index in [2.05, 4.69) is 10.5 Å². The van der Waals surface area contributed by atoms with Gasteiger partial charge in [0, 0.05) is 23.4 Å². The second kappa shape index (κ2) is 6.60. The Morgan fingerprint density at radius 3 is 3.06 bits per heavy atom. The van der Waals surface area contributed by atoms with E-state index in [1.54, 1.807) is 23.8 Å². The third-order valence-electron chi connectivity index (χ3n) is 2.06. The molecule has 0 aromatic carbocycles. The number of hydroxylamine groups is 1. The van der Waals surface area contributed by atoms with Crippen LogP contribution in [0.2, 0.25) is 0 Å². The fourth-order valence-electron chi connectivity index (χ4n) is 1.19. The van der Waals surface area contributed by atoms with Gasteiger partial charge in [-0.05, 0) is 11.4 Å². The van der Waals surface area contributed by atoms with Crippen LogP contribution >= 0.6 is 22.7 Å². The van der Waals surface area contributed by atoms with E-state index in [0.717, 1.165) is 10.6 Å². The van der Waals surface area contributed by atoms with Crippen molar-refractivity contribution in [2.75, 3.05) is 20.3 Å². The Balaban J connectivity index is 1.91. The number of hydrogen-bond acceptors (Lipinski definition) is 6. The van der Waals surface area contributed by atoms with Gasteiger partial charge in [-0.15, -0.1) is 11.3 Å². The molecule has 0 saturated heterocycles. The number of carbonyl (C=O) groups is 1. The van der Waals surface area contributed by atoms with Crippen molar-refractivity contribution >= 4 is 28.6 Å². The van der Waals surface area contributed by atoms with Crippen molar-refractivity contribution in [3.8, 4) is 10.6 Å². The highest BCUT2D eigenvalue weighted by atomic mass is 32.1. The second-order valence-corrected chi connectivity index (χ2v) is 4.96. The lowest BCUT2D eigenvalue weighted by molar-refractivity contribution is 0.00862. The largest absolute Gasteiger partial charge is 0.382 e. The molecule has 2 aromatic rings. The summed E-state index contributed by atoms with van der Waals surface area (Å²) >= 11 is 3.03. The monoisotopic (exact) mass is 284 g/mol. The van der Waals surface area contributed by atoms with E-state index in [1.807, 2.05) is 16.8 Å². The number of carbonyl (C=O) groups excluding carboxylic acids is 1. The van der Waals surface area contributed by atoms with E-state index >= 15 is 0 Å². The van der Waals surface area contributed by atoms with Crippen LogP contribution in [0.25, 0.3) is 10.6 Å². The van der Waals surface area contributed by atoms with E-state index < -0.39 is 0 Å². The van der Waals surface area contributed by atoms with Gasteiger partial charge < -0.3 is 4.74 Å². The van der Waals surface area contributed by atoms with Crippen molar-refractivity contribution in [1.82, 2.24) is 10.5 Å². The average Bonchev–Trinajstić information content (AvgIpc) is 3.03. The summed E-state index contributed by atoms with van der Waals surface area (Å²) in [6.07, 6.45) is 0. The van der Waals surface area contributed by atoms with E-state index in [0.29, 0.717) is 18.9 Å². The highest BCUT2D eigenvalue weighted by Gasteiger charge is 2.11. The minimum atomic E-state index is -0.344. The molecular weight excluding hydrogens is 272 g/mol. The number of aromatic nitrogens is 1. The summed E-state index contributed by atoms with van der Waals surface area (Å²) in [4.78, 5) is 20.8. The Bertz CT molecular complexity index is 496. The topological polar surface area (TPSA) is 60.5 Å². The lowest BCUT2D eigenvalue weighted by Gasteiger charge is -2.02. The number of ether oxygens (including phenoxy) is 1. The third kappa shape index (κ3) is 3.36. The zero-order valence-corrected chi connectivity index (χ0v) is 11.3. The van der Waals surface area contributed by atoms with Gasteiger partial charge in [-0.3, -0.25) is 9.63 Å². The number of thiophene rings is 1. The third-order valence-corrected chi connectivity index (χ3v) is 3.63. The van der Waals surface area contributed by atoms with Gasteiger partial charge in [-0.2, -0.15) is 11.3 Å². The van der Waals surface area contributed by atoms with Crippen molar-refractivity contribution in [1.29, 1.82) is 0 Å². The molecule has 7 heteroatoms. The lowest BCUT2D eigenvalue weighted by atomic mass is 10.3. The molecule has 0 radical (unpaired) electrons. The zero-order valence-electron chi connectivity index (χ0n) is 9.71. The molecule has 0 fully saturated rings. The van der Waals surface area contributed by atoms with Crippen molar-refractivity contribution < 1.29 is 14.4 Å². The normalized spacial score (nSPS) is 10.5. The maximum atomic E-state index is 11.7. The smallest absolute Gasteiger partial charge is 0.294 e. The van der Waals surface area contributed by atoms with Gasteiger partial charge in [-0.1, -0.05) is 0 Å². The van der Waals surface area contributed by atoms with Gasteiger partial charge in [-0.25, -0.2) is 10.5 Å². The zero-order chi connectivity index (χ0) is 12.8. The number of hydrogen-bond donors (Lipinski definition) is 1. The molecule has 2 aromatic heterocycles. The molecule has 0 aliphatic rings. The van der Waals surface area contributed by atoms with Crippen molar-refractivity contribution in [2.24, 2.45) is 0 Å². The number of nitrogens with zero attached hydrogens (tertiary/aromatic N) is 1. The molecule has 0 unspecified atom stereocenters. The molecule has 96 valence electrons. The number of amides is 1. The number of rotatable bonds is 6. The average molecular weight is 284 g/mol. The fraction of sp³-hybridized carbons (Fsp3) is 0.273. The molecule has 2 rings (SSSR count). The first kappa shape index (κ1) is 13.2. The predicted molar refractivity (Wildman–Crippen MR) is 70.7 cm³/mol. The predicted octanol–water partition coefficient (Wildman–Crippen LogP) is 2.18. The highest BCUT2D eigenvalue weighted by Crippen LogP contribution is 2.25. The molecule has 1 amide bonds. The fourth-order valence-corrected chi connectivity index (χ4v) is 2.70. The summed E-state index contributed by atoms with van der Waals surface area (Å²) in [6, 6.07) is 1.97. The van der Waals surface area contributed by atoms with Crippen LogP contribution in [0.5, 0.6) is 0 Å². The van der Waals surface area contributed by atoms with Gasteiger partial charge in [0.15, 0.2) is 0 Å². The SMILES string of the molecule is COCCONC(=O)c1csc(-c2ccsc2)n1. The molecule has 0 aliphatic heterocycles. The number of thiazole rings is 1. The minimum Gasteiger partial charge on any atom is -0.382 e. The first-order chi connectivity index (χ1) is 8.81. The Morgan fingerprint density at radius 1 is 1.44 bits per heavy atom. The molecule has 1 N–H and O–H groups in total. The summed E-state index contributed by atoms with van der Waals surface area (Å²) in [5.41, 5.74) is 3.71. The first-order valence-corrected chi connectivity index (χ1v) is 7.02. The standard InChI is InChI=1S/C11H12N2O3S2/c1-15-3-4-16-13-10(14)9-7-18-11(12-9)8-2-5-17-6-8/h2,5-7H,3-4H2,1H3,(H,13,14). The Hall–Kier alpha value is -1.28. The maximum absolute atomic E-state index is 11.7. The molecule has 18 heavy (non-hydrogen) atoms. The van der Waals surface area contributed by atoms with Crippen LogP contribution in [0.4, 0.5) is 0 Å². The molecule has 0 atom stereocenters. The highest BCUT2D eigenvalue weighted by molar-refractivity contribution is 7.14. The van der Waals surface area contributed by atoms with Gasteiger partial charge in [0.25, 0.3) is 5.91 Å². The van der Waals surface area contributed by atoms with Crippen LogP contribution in [0, 0.1) is 0 Å². The summed E-state index contributed by atoms with van der Waals surface area (Å²) in [5.74, 6) is -0.344. The van der Waals surface area contributed by atoms with Crippen LogP contribution < -0.4 is 5.48 Å². The lowest BCUT2D eigenvalue weighted by Crippen LogP contribution is -2.25. The van der Waals surface area contributed by atoms with Crippen molar-refractivity contribution in [3.63, 3.8) is 0 Å². The van der Waals surface area contributed by atoms with Crippen LogP contribution in [-0.4, -0.2) is 31.2 Å². The summed E-state index contributed by atoms with van der Waals surface area (Å²) in [6.45, 7) is 0.737. The second-order valence-electron chi connectivity index (χ2n) is 3.32. The summed E-state index contributed by atoms with van der Waals surface area (Å²) in [7, 11) is 1.57. The molecular formula is C11H12N2O3S2. The van der Waals surface area contributed by atoms with Gasteiger partial charge in [0.05, 0.1) is 13.2 Å². The summed E-state index contributed by atoms with van der Waals surface area (Å²) < 4.78 is 4.79. The van der Waals surface area contributed by atoms with Gasteiger partial charge >= 0.3 is 0 Å². The molecule has 5 nitrogen and oxygen atoms in total. The molecule has 0 saturated carbocycles. The van der Waals surface area contributed by atoms with Gasteiger partial charge in [0.2, 0.25) is 0 Å². The summed E-state index contributed by atoms with van der Waals surface area (Å²) in [5, 5.41) is 6.51. The molecule has 0 aliphatic carbocycles. The molecule has 2 heterocycles. The quantitative estimate of drug-likeness (QED) is 0.652. The van der Waals surface area contributed by atoms with Crippen molar-refractivity contribution in [2.45, 2.75) is 0 Å². The van der Waals surface area contributed by atoms with Gasteiger partial charge in [0.1, 0.15) is 10.7 Å². The van der Waals surface area contributed by atoms with E-state index in [4.69, 9.17) is 9.57 Å². The van der Waals surface area contributed by atoms with Crippen molar-refractivity contribution in [3.05, 3.63) is 27.9 Å². The van der Waals surface area contributed by atoms with Crippen LogP contribution in [-0.2, 0) is 9.57 Å². The minimum absolute atomic E-state index is 0.309. The molecule has 0 bridgehead atoms.